The van der Waals surface area contributed by atoms with Crippen LogP contribution in [-0.2, 0) is 0 Å². The number of aryl methyl sites for hydroxylation is 2. The van der Waals surface area contributed by atoms with E-state index in [9.17, 15) is 0 Å². The summed E-state index contributed by atoms with van der Waals surface area (Å²) in [6.07, 6.45) is 3.53. The van der Waals surface area contributed by atoms with E-state index in [0.29, 0.717) is 16.5 Å². The topological polar surface area (TPSA) is 55.1 Å². The lowest BCUT2D eigenvalue weighted by atomic mass is 10.2. The number of nitrogens with zero attached hydrogens (tertiary/aromatic N) is 4. The van der Waals surface area contributed by atoms with Gasteiger partial charge in [-0.3, -0.25) is 4.40 Å². The van der Waals surface area contributed by atoms with E-state index >= 15 is 0 Å². The molecule has 0 amide bonds. The molecular formula is C13H12ClN5. The first-order chi connectivity index (χ1) is 9.15. The molecular weight excluding hydrogens is 262 g/mol. The van der Waals surface area contributed by atoms with E-state index < -0.39 is 0 Å². The molecule has 0 aliphatic heterocycles. The monoisotopic (exact) mass is 273 g/mol. The maximum absolute atomic E-state index is 6.20. The van der Waals surface area contributed by atoms with Gasteiger partial charge < -0.3 is 5.32 Å². The Bertz CT molecular complexity index is 750. The molecule has 1 N–H and O–H groups in total. The predicted molar refractivity (Wildman–Crippen MR) is 75.0 cm³/mol. The molecule has 6 heteroatoms. The molecule has 0 spiro atoms. The zero-order valence-electron chi connectivity index (χ0n) is 10.6. The summed E-state index contributed by atoms with van der Waals surface area (Å²) in [7, 11) is 0. The molecule has 3 rings (SSSR count). The fourth-order valence-electron chi connectivity index (χ4n) is 1.88. The van der Waals surface area contributed by atoms with E-state index in [-0.39, 0.29) is 0 Å². The summed E-state index contributed by atoms with van der Waals surface area (Å²) in [5, 5.41) is 12.0. The molecule has 0 bridgehead atoms. The van der Waals surface area contributed by atoms with E-state index in [0.717, 1.165) is 17.1 Å². The Morgan fingerprint density at radius 3 is 2.84 bits per heavy atom. The third-order valence-corrected chi connectivity index (χ3v) is 3.19. The summed E-state index contributed by atoms with van der Waals surface area (Å²) in [4.78, 5) is 4.29. The maximum atomic E-state index is 6.20. The SMILES string of the molecule is Cc1ccc(Nc2nccn3c(C)nnc23)c(Cl)c1. The van der Waals surface area contributed by atoms with Gasteiger partial charge in [-0.05, 0) is 31.5 Å². The van der Waals surface area contributed by atoms with Crippen LogP contribution < -0.4 is 5.32 Å². The number of halogens is 1. The lowest BCUT2D eigenvalue weighted by molar-refractivity contribution is 1.00. The second-order valence-corrected chi connectivity index (χ2v) is 4.73. The zero-order valence-corrected chi connectivity index (χ0v) is 11.3. The molecule has 2 aromatic heterocycles. The first-order valence-electron chi connectivity index (χ1n) is 5.84. The molecule has 0 aliphatic carbocycles. The average molecular weight is 274 g/mol. The number of aromatic nitrogens is 4. The van der Waals surface area contributed by atoms with Gasteiger partial charge in [0.1, 0.15) is 5.82 Å². The van der Waals surface area contributed by atoms with Crippen LogP contribution in [0.15, 0.2) is 30.6 Å². The number of hydrogen-bond acceptors (Lipinski definition) is 4. The van der Waals surface area contributed by atoms with Crippen LogP contribution in [0.2, 0.25) is 5.02 Å². The summed E-state index contributed by atoms with van der Waals surface area (Å²) in [5.41, 5.74) is 2.59. The van der Waals surface area contributed by atoms with Crippen molar-refractivity contribution in [3.63, 3.8) is 0 Å². The van der Waals surface area contributed by atoms with Crippen molar-refractivity contribution in [1.82, 2.24) is 19.6 Å². The fourth-order valence-corrected chi connectivity index (χ4v) is 2.16. The molecule has 0 aliphatic rings. The molecule has 0 unspecified atom stereocenters. The first kappa shape index (κ1) is 11.9. The van der Waals surface area contributed by atoms with E-state index in [1.165, 1.54) is 0 Å². The van der Waals surface area contributed by atoms with Crippen LogP contribution in [0.5, 0.6) is 0 Å². The van der Waals surface area contributed by atoms with Crippen LogP contribution in [0.4, 0.5) is 11.5 Å². The van der Waals surface area contributed by atoms with E-state index in [2.05, 4.69) is 20.5 Å². The van der Waals surface area contributed by atoms with Crippen molar-refractivity contribution in [3.8, 4) is 0 Å². The molecule has 0 radical (unpaired) electrons. The zero-order chi connectivity index (χ0) is 13.4. The maximum Gasteiger partial charge on any atom is 0.204 e. The second kappa shape index (κ2) is 4.51. The molecule has 0 fully saturated rings. The highest BCUT2D eigenvalue weighted by Crippen LogP contribution is 2.26. The van der Waals surface area contributed by atoms with Gasteiger partial charge in [0.05, 0.1) is 10.7 Å². The lowest BCUT2D eigenvalue weighted by Gasteiger charge is -2.08. The van der Waals surface area contributed by atoms with Crippen molar-refractivity contribution in [1.29, 1.82) is 0 Å². The molecule has 96 valence electrons. The van der Waals surface area contributed by atoms with Gasteiger partial charge >= 0.3 is 0 Å². The Labute approximate surface area is 115 Å². The summed E-state index contributed by atoms with van der Waals surface area (Å²) in [6.45, 7) is 3.89. The van der Waals surface area contributed by atoms with Crippen molar-refractivity contribution < 1.29 is 0 Å². The van der Waals surface area contributed by atoms with Gasteiger partial charge in [-0.15, -0.1) is 10.2 Å². The van der Waals surface area contributed by atoms with Crippen molar-refractivity contribution in [3.05, 3.63) is 47.0 Å². The number of hydrogen-bond donors (Lipinski definition) is 1. The number of nitrogens with one attached hydrogen (secondary N) is 1. The van der Waals surface area contributed by atoms with Gasteiger partial charge in [-0.2, -0.15) is 0 Å². The number of fused-ring (bicyclic) bond motifs is 1. The Hall–Kier alpha value is -2.14. The van der Waals surface area contributed by atoms with E-state index in [4.69, 9.17) is 11.6 Å². The van der Waals surface area contributed by atoms with Crippen LogP contribution >= 0.6 is 11.6 Å². The third-order valence-electron chi connectivity index (χ3n) is 2.88. The van der Waals surface area contributed by atoms with Crippen molar-refractivity contribution >= 4 is 28.8 Å². The van der Waals surface area contributed by atoms with Crippen molar-refractivity contribution in [2.24, 2.45) is 0 Å². The van der Waals surface area contributed by atoms with Crippen LogP contribution in [0.25, 0.3) is 5.65 Å². The summed E-state index contributed by atoms with van der Waals surface area (Å²) in [5.74, 6) is 1.45. The molecule has 3 aromatic rings. The smallest absolute Gasteiger partial charge is 0.204 e. The molecule has 2 heterocycles. The highest BCUT2D eigenvalue weighted by Gasteiger charge is 2.09. The lowest BCUT2D eigenvalue weighted by Crippen LogP contribution is -1.99. The van der Waals surface area contributed by atoms with Gasteiger partial charge in [-0.1, -0.05) is 17.7 Å². The number of benzene rings is 1. The van der Waals surface area contributed by atoms with E-state index in [1.54, 1.807) is 6.20 Å². The minimum absolute atomic E-state index is 0.633. The fraction of sp³-hybridized carbons (Fsp3) is 0.154. The highest BCUT2D eigenvalue weighted by atomic mass is 35.5. The normalized spacial score (nSPS) is 10.9. The summed E-state index contributed by atoms with van der Waals surface area (Å²) < 4.78 is 1.87. The molecule has 0 atom stereocenters. The van der Waals surface area contributed by atoms with Crippen LogP contribution in [-0.4, -0.2) is 19.6 Å². The Kier molecular flexibility index (Phi) is 2.83. The van der Waals surface area contributed by atoms with Crippen molar-refractivity contribution in [2.45, 2.75) is 13.8 Å². The standard InChI is InChI=1S/C13H12ClN5/c1-8-3-4-11(10(14)7-8)16-12-13-18-17-9(2)19(13)6-5-15-12/h3-7H,1-2H3,(H,15,16). The molecule has 5 nitrogen and oxygen atoms in total. The van der Waals surface area contributed by atoms with E-state index in [1.807, 2.05) is 42.6 Å². The van der Waals surface area contributed by atoms with Crippen LogP contribution in [0.3, 0.4) is 0 Å². The molecule has 0 saturated carbocycles. The Balaban J connectivity index is 2.06. The minimum Gasteiger partial charge on any atom is -0.336 e. The predicted octanol–water partition coefficient (Wildman–Crippen LogP) is 3.14. The second-order valence-electron chi connectivity index (χ2n) is 4.32. The molecule has 0 saturated heterocycles. The van der Waals surface area contributed by atoms with Gasteiger partial charge in [-0.25, -0.2) is 4.98 Å². The molecule has 1 aromatic carbocycles. The van der Waals surface area contributed by atoms with Crippen LogP contribution in [0.1, 0.15) is 11.4 Å². The Morgan fingerprint density at radius 1 is 1.21 bits per heavy atom. The van der Waals surface area contributed by atoms with Gasteiger partial charge in [0.25, 0.3) is 0 Å². The van der Waals surface area contributed by atoms with Gasteiger partial charge in [0, 0.05) is 12.4 Å². The number of anilines is 2. The number of rotatable bonds is 2. The third kappa shape index (κ3) is 2.13. The first-order valence-corrected chi connectivity index (χ1v) is 6.22. The Morgan fingerprint density at radius 2 is 2.05 bits per heavy atom. The van der Waals surface area contributed by atoms with Gasteiger partial charge in [0.15, 0.2) is 5.82 Å². The average Bonchev–Trinajstić information content (AvgIpc) is 2.76. The highest BCUT2D eigenvalue weighted by molar-refractivity contribution is 6.33. The summed E-state index contributed by atoms with van der Waals surface area (Å²) >= 11 is 6.20. The quantitative estimate of drug-likeness (QED) is 0.779. The molecule has 19 heavy (non-hydrogen) atoms. The summed E-state index contributed by atoms with van der Waals surface area (Å²) in [6, 6.07) is 5.81. The largest absolute Gasteiger partial charge is 0.336 e. The van der Waals surface area contributed by atoms with Crippen LogP contribution in [0, 0.1) is 13.8 Å². The van der Waals surface area contributed by atoms with Gasteiger partial charge in [0.2, 0.25) is 5.65 Å². The minimum atomic E-state index is 0.633. The van der Waals surface area contributed by atoms with Crippen molar-refractivity contribution in [2.75, 3.05) is 5.32 Å².